The number of amides is 1. The van der Waals surface area contributed by atoms with Crippen molar-refractivity contribution in [2.45, 2.75) is 11.8 Å². The van der Waals surface area contributed by atoms with Gasteiger partial charge in [-0.15, -0.1) is 11.3 Å². The molecule has 0 bridgehead atoms. The van der Waals surface area contributed by atoms with Crippen molar-refractivity contribution in [3.8, 4) is 5.69 Å². The number of sulfonamides is 1. The minimum absolute atomic E-state index is 0.232. The maximum absolute atomic E-state index is 12.9. The molecule has 0 atom stereocenters. The molecule has 2 aromatic carbocycles. The number of aryl methyl sites for hydroxylation is 1. The number of fused-ring (bicyclic) bond motifs is 1. The lowest BCUT2D eigenvalue weighted by atomic mass is 10.3. The number of benzene rings is 2. The lowest BCUT2D eigenvalue weighted by Gasteiger charge is -2.31. The fraction of sp³-hybridized carbons (Fsp3) is 0.250. The maximum atomic E-state index is 12.9. The van der Waals surface area contributed by atoms with Gasteiger partial charge in [0.2, 0.25) is 10.0 Å². The number of carbonyl (C=O) groups is 1. The highest BCUT2D eigenvalue weighted by Crippen LogP contribution is 2.31. The van der Waals surface area contributed by atoms with E-state index < -0.39 is 10.0 Å². The molecule has 0 spiro atoms. The predicted octanol–water partition coefficient (Wildman–Crippen LogP) is 3.58. The smallest absolute Gasteiger partial charge is 0.265 e. The molecule has 3 heterocycles. The Bertz CT molecular complexity index is 1440. The van der Waals surface area contributed by atoms with E-state index in [9.17, 15) is 13.2 Å². The molecular formula is C24H25N5O3S2. The van der Waals surface area contributed by atoms with Crippen molar-refractivity contribution in [2.24, 2.45) is 0 Å². The van der Waals surface area contributed by atoms with Gasteiger partial charge < -0.3 is 10.2 Å². The Morgan fingerprint density at radius 2 is 1.68 bits per heavy atom. The van der Waals surface area contributed by atoms with Gasteiger partial charge in [-0.05, 0) is 56.4 Å². The van der Waals surface area contributed by atoms with Crippen molar-refractivity contribution in [2.75, 3.05) is 38.5 Å². The maximum Gasteiger partial charge on any atom is 0.265 e. The highest BCUT2D eigenvalue weighted by atomic mass is 32.2. The first kappa shape index (κ1) is 22.7. The second-order valence-corrected chi connectivity index (χ2v) is 11.3. The van der Waals surface area contributed by atoms with Crippen molar-refractivity contribution in [3.05, 3.63) is 71.2 Å². The van der Waals surface area contributed by atoms with E-state index in [1.165, 1.54) is 15.6 Å². The van der Waals surface area contributed by atoms with Crippen LogP contribution in [0, 0.1) is 6.92 Å². The van der Waals surface area contributed by atoms with E-state index in [0.717, 1.165) is 21.6 Å². The molecule has 1 saturated heterocycles. The van der Waals surface area contributed by atoms with Crippen LogP contribution >= 0.6 is 11.3 Å². The number of hydrogen-bond acceptors (Lipinski definition) is 6. The van der Waals surface area contributed by atoms with Crippen LogP contribution in [0.25, 0.3) is 15.9 Å². The Labute approximate surface area is 202 Å². The molecule has 10 heteroatoms. The predicted molar refractivity (Wildman–Crippen MR) is 134 cm³/mol. The number of carbonyl (C=O) groups excluding carboxylic acids is 1. The minimum atomic E-state index is -3.54. The van der Waals surface area contributed by atoms with Gasteiger partial charge in [-0.3, -0.25) is 4.79 Å². The lowest BCUT2D eigenvalue weighted by Crippen LogP contribution is -2.46. The standard InChI is InChI=1S/C24H25N5O3S2/c1-17-21-16-22(33-24(21)29(26-17)19-6-4-3-5-7-19)23(30)25-18-8-10-20(11-9-18)34(31,32)28-14-12-27(2)13-15-28/h3-11,16H,12-15H2,1-2H3,(H,25,30). The van der Waals surface area contributed by atoms with Crippen molar-refractivity contribution >= 4 is 43.2 Å². The zero-order valence-corrected chi connectivity index (χ0v) is 20.6. The zero-order chi connectivity index (χ0) is 23.9. The summed E-state index contributed by atoms with van der Waals surface area (Å²) in [4.78, 5) is 16.7. The molecular weight excluding hydrogens is 470 g/mol. The van der Waals surface area contributed by atoms with Gasteiger partial charge in [0, 0.05) is 37.3 Å². The number of nitrogens with one attached hydrogen (secondary N) is 1. The van der Waals surface area contributed by atoms with Gasteiger partial charge in [-0.25, -0.2) is 13.1 Å². The Balaban J connectivity index is 1.34. The fourth-order valence-electron chi connectivity index (χ4n) is 3.98. The first-order valence-electron chi connectivity index (χ1n) is 11.0. The third-order valence-corrected chi connectivity index (χ3v) is 9.00. The average molecular weight is 496 g/mol. The van der Waals surface area contributed by atoms with E-state index in [1.807, 2.05) is 55.1 Å². The highest BCUT2D eigenvalue weighted by molar-refractivity contribution is 7.89. The van der Waals surface area contributed by atoms with Gasteiger partial charge in [0.1, 0.15) is 4.83 Å². The Kier molecular flexibility index (Phi) is 5.98. The molecule has 0 saturated carbocycles. The summed E-state index contributed by atoms with van der Waals surface area (Å²) in [6.07, 6.45) is 0. The molecule has 8 nitrogen and oxygen atoms in total. The third kappa shape index (κ3) is 4.25. The number of nitrogens with zero attached hydrogens (tertiary/aromatic N) is 4. The summed E-state index contributed by atoms with van der Waals surface area (Å²) in [6.45, 7) is 4.30. The second-order valence-electron chi connectivity index (χ2n) is 8.35. The number of para-hydroxylation sites is 1. The summed E-state index contributed by atoms with van der Waals surface area (Å²) in [5, 5.41) is 8.43. The summed E-state index contributed by atoms with van der Waals surface area (Å²) in [7, 11) is -1.56. The number of likely N-dealkylation sites (N-methyl/N-ethyl adjacent to an activating group) is 1. The molecule has 4 aromatic rings. The van der Waals surface area contributed by atoms with Crippen LogP contribution in [-0.2, 0) is 10.0 Å². The van der Waals surface area contributed by atoms with Gasteiger partial charge in [0.05, 0.1) is 21.2 Å². The van der Waals surface area contributed by atoms with E-state index in [2.05, 4.69) is 15.3 Å². The van der Waals surface area contributed by atoms with E-state index in [1.54, 1.807) is 24.3 Å². The molecule has 1 aliphatic rings. The Morgan fingerprint density at radius 1 is 1.00 bits per heavy atom. The van der Waals surface area contributed by atoms with Crippen molar-refractivity contribution in [1.29, 1.82) is 0 Å². The molecule has 2 aromatic heterocycles. The van der Waals surface area contributed by atoms with E-state index in [0.29, 0.717) is 36.7 Å². The fourth-order valence-corrected chi connectivity index (χ4v) is 6.48. The Hall–Kier alpha value is -3.05. The SMILES string of the molecule is Cc1nn(-c2ccccc2)c2sc(C(=O)Nc3ccc(S(=O)(=O)N4CCN(C)CC4)cc3)cc12. The van der Waals surface area contributed by atoms with Crippen LogP contribution < -0.4 is 5.32 Å². The average Bonchev–Trinajstić information content (AvgIpc) is 3.41. The first-order valence-corrected chi connectivity index (χ1v) is 13.2. The first-order chi connectivity index (χ1) is 16.3. The summed E-state index contributed by atoms with van der Waals surface area (Å²) in [5.41, 5.74) is 2.33. The van der Waals surface area contributed by atoms with Gasteiger partial charge in [-0.2, -0.15) is 9.40 Å². The summed E-state index contributed by atoms with van der Waals surface area (Å²) in [5.74, 6) is -0.241. The van der Waals surface area contributed by atoms with Crippen LogP contribution in [0.2, 0.25) is 0 Å². The highest BCUT2D eigenvalue weighted by Gasteiger charge is 2.27. The number of aromatic nitrogens is 2. The summed E-state index contributed by atoms with van der Waals surface area (Å²) < 4.78 is 29.2. The molecule has 0 radical (unpaired) electrons. The lowest BCUT2D eigenvalue weighted by molar-refractivity contribution is 0.103. The van der Waals surface area contributed by atoms with Crippen LogP contribution in [0.3, 0.4) is 0 Å². The molecule has 5 rings (SSSR count). The number of piperazine rings is 1. The number of hydrogen-bond donors (Lipinski definition) is 1. The van der Waals surface area contributed by atoms with Crippen LogP contribution in [0.15, 0.2) is 65.6 Å². The van der Waals surface area contributed by atoms with E-state index in [4.69, 9.17) is 0 Å². The van der Waals surface area contributed by atoms with Crippen molar-refractivity contribution in [1.82, 2.24) is 19.0 Å². The molecule has 1 aliphatic heterocycles. The number of thiophene rings is 1. The van der Waals surface area contributed by atoms with Crippen LogP contribution in [0.5, 0.6) is 0 Å². The topological polar surface area (TPSA) is 87.5 Å². The molecule has 1 N–H and O–H groups in total. The third-order valence-electron chi connectivity index (χ3n) is 5.98. The van der Waals surface area contributed by atoms with Crippen molar-refractivity contribution < 1.29 is 13.2 Å². The second kappa shape index (κ2) is 8.95. The number of rotatable bonds is 5. The minimum Gasteiger partial charge on any atom is -0.321 e. The zero-order valence-electron chi connectivity index (χ0n) is 18.9. The van der Waals surface area contributed by atoms with Gasteiger partial charge in [-0.1, -0.05) is 18.2 Å². The van der Waals surface area contributed by atoms with Crippen LogP contribution in [-0.4, -0.2) is 66.5 Å². The van der Waals surface area contributed by atoms with E-state index >= 15 is 0 Å². The monoisotopic (exact) mass is 495 g/mol. The molecule has 34 heavy (non-hydrogen) atoms. The van der Waals surface area contributed by atoms with Gasteiger partial charge in [0.25, 0.3) is 5.91 Å². The molecule has 1 fully saturated rings. The van der Waals surface area contributed by atoms with Crippen molar-refractivity contribution in [3.63, 3.8) is 0 Å². The largest absolute Gasteiger partial charge is 0.321 e. The molecule has 1 amide bonds. The van der Waals surface area contributed by atoms with Crippen LogP contribution in [0.1, 0.15) is 15.4 Å². The van der Waals surface area contributed by atoms with Gasteiger partial charge >= 0.3 is 0 Å². The molecule has 176 valence electrons. The summed E-state index contributed by atoms with van der Waals surface area (Å²) in [6, 6.07) is 18.0. The summed E-state index contributed by atoms with van der Waals surface area (Å²) >= 11 is 1.38. The molecule has 0 unspecified atom stereocenters. The molecule has 0 aliphatic carbocycles. The van der Waals surface area contributed by atoms with E-state index in [-0.39, 0.29) is 10.8 Å². The quantitative estimate of drug-likeness (QED) is 0.457. The van der Waals surface area contributed by atoms with Crippen LogP contribution in [0.4, 0.5) is 5.69 Å². The van der Waals surface area contributed by atoms with Gasteiger partial charge in [0.15, 0.2) is 0 Å². The Morgan fingerprint density at radius 3 is 2.35 bits per heavy atom. The normalized spacial score (nSPS) is 15.6. The number of anilines is 1.